The fraction of sp³-hybridized carbons (Fsp3) is 0.625. The number of halogens is 1. The Bertz CT molecular complexity index is 446. The van der Waals surface area contributed by atoms with Crippen molar-refractivity contribution >= 4 is 21.6 Å². The van der Waals surface area contributed by atoms with Crippen molar-refractivity contribution in [3.63, 3.8) is 0 Å². The summed E-state index contributed by atoms with van der Waals surface area (Å²) in [7, 11) is 0. The van der Waals surface area contributed by atoms with Crippen LogP contribution in [0, 0.1) is 11.8 Å². The second-order valence-electron chi connectivity index (χ2n) is 6.17. The molecule has 2 nitrogen and oxygen atoms in total. The number of nitrogens with two attached hydrogens (primary N) is 1. The van der Waals surface area contributed by atoms with E-state index in [-0.39, 0.29) is 0 Å². The molecule has 0 radical (unpaired) electrons. The van der Waals surface area contributed by atoms with Crippen LogP contribution >= 0.6 is 15.9 Å². The van der Waals surface area contributed by atoms with Gasteiger partial charge in [-0.05, 0) is 48.9 Å². The van der Waals surface area contributed by atoms with Crippen molar-refractivity contribution in [1.29, 1.82) is 0 Å². The highest BCUT2D eigenvalue weighted by Gasteiger charge is 2.30. The lowest BCUT2D eigenvalue weighted by molar-refractivity contribution is 0.0822. The molecule has 0 bridgehead atoms. The van der Waals surface area contributed by atoms with Gasteiger partial charge in [-0.3, -0.25) is 4.90 Å². The first kappa shape index (κ1) is 13.4. The Morgan fingerprint density at radius 1 is 1.16 bits per heavy atom. The van der Waals surface area contributed by atoms with E-state index in [1.807, 2.05) is 6.07 Å². The summed E-state index contributed by atoms with van der Waals surface area (Å²) >= 11 is 3.47. The van der Waals surface area contributed by atoms with E-state index in [2.05, 4.69) is 33.0 Å². The number of piperidine rings is 1. The summed E-state index contributed by atoms with van der Waals surface area (Å²) in [5.74, 6) is 1.95. The van der Waals surface area contributed by atoms with Crippen LogP contribution in [0.1, 0.15) is 37.7 Å². The number of nitrogens with zero attached hydrogens (tertiary/aromatic N) is 1. The van der Waals surface area contributed by atoms with Crippen molar-refractivity contribution in [3.8, 4) is 0 Å². The molecular formula is C16H23BrN2. The van der Waals surface area contributed by atoms with E-state index in [1.165, 1.54) is 50.8 Å². The predicted molar refractivity (Wildman–Crippen MR) is 83.9 cm³/mol. The minimum Gasteiger partial charge on any atom is -0.398 e. The van der Waals surface area contributed by atoms with Gasteiger partial charge < -0.3 is 5.73 Å². The molecule has 1 heterocycles. The van der Waals surface area contributed by atoms with Crippen LogP contribution in [0.15, 0.2) is 22.7 Å². The van der Waals surface area contributed by atoms with Gasteiger partial charge in [-0.1, -0.05) is 41.3 Å². The normalized spacial score (nSPS) is 28.1. The van der Waals surface area contributed by atoms with Crippen molar-refractivity contribution in [1.82, 2.24) is 4.90 Å². The van der Waals surface area contributed by atoms with Crippen molar-refractivity contribution < 1.29 is 0 Å². The molecule has 1 saturated carbocycles. The van der Waals surface area contributed by atoms with Gasteiger partial charge in [0.25, 0.3) is 0 Å². The SMILES string of the molecule is Nc1cc(Br)ccc1CN1CCC2CCCCC2C1. The van der Waals surface area contributed by atoms with Gasteiger partial charge in [0.1, 0.15) is 0 Å². The number of benzene rings is 1. The second kappa shape index (κ2) is 5.84. The molecule has 0 aromatic heterocycles. The van der Waals surface area contributed by atoms with E-state index >= 15 is 0 Å². The lowest BCUT2D eigenvalue weighted by Crippen LogP contribution is -2.41. The Balaban J connectivity index is 1.64. The minimum atomic E-state index is 0.917. The molecule has 2 fully saturated rings. The highest BCUT2D eigenvalue weighted by Crippen LogP contribution is 2.36. The lowest BCUT2D eigenvalue weighted by Gasteiger charge is -2.41. The molecule has 0 spiro atoms. The number of rotatable bonds is 2. The molecule has 2 unspecified atom stereocenters. The van der Waals surface area contributed by atoms with Gasteiger partial charge >= 0.3 is 0 Å². The van der Waals surface area contributed by atoms with E-state index in [0.717, 1.165) is 28.5 Å². The average molecular weight is 323 g/mol. The predicted octanol–water partition coefficient (Wildman–Crippen LogP) is 4.04. The Hall–Kier alpha value is -0.540. The Labute approximate surface area is 124 Å². The summed E-state index contributed by atoms with van der Waals surface area (Å²) in [5.41, 5.74) is 8.31. The van der Waals surface area contributed by atoms with Gasteiger partial charge in [0.2, 0.25) is 0 Å². The van der Waals surface area contributed by atoms with Crippen LogP contribution in [0.2, 0.25) is 0 Å². The molecule has 2 N–H and O–H groups in total. The third kappa shape index (κ3) is 3.14. The molecule has 19 heavy (non-hydrogen) atoms. The molecule has 1 aliphatic carbocycles. The van der Waals surface area contributed by atoms with Crippen LogP contribution in [0.3, 0.4) is 0 Å². The van der Waals surface area contributed by atoms with Crippen LogP contribution in [0.4, 0.5) is 5.69 Å². The summed E-state index contributed by atoms with van der Waals surface area (Å²) in [5, 5.41) is 0. The standard InChI is InChI=1S/C16H23BrN2/c17-15-6-5-14(16(18)9-15)11-19-8-7-12-3-1-2-4-13(12)10-19/h5-6,9,12-13H,1-4,7-8,10-11,18H2. The van der Waals surface area contributed by atoms with Gasteiger partial charge in [-0.2, -0.15) is 0 Å². The van der Waals surface area contributed by atoms with Crippen molar-refractivity contribution in [3.05, 3.63) is 28.2 Å². The molecular weight excluding hydrogens is 300 g/mol. The summed E-state index contributed by atoms with van der Waals surface area (Å²) in [6.45, 7) is 3.54. The number of likely N-dealkylation sites (tertiary alicyclic amines) is 1. The monoisotopic (exact) mass is 322 g/mol. The lowest BCUT2D eigenvalue weighted by atomic mass is 9.75. The third-order valence-corrected chi connectivity index (χ3v) is 5.37. The number of nitrogen functional groups attached to an aromatic ring is 1. The summed E-state index contributed by atoms with van der Waals surface area (Å²) in [4.78, 5) is 2.60. The number of hydrogen-bond donors (Lipinski definition) is 1. The Morgan fingerprint density at radius 3 is 2.74 bits per heavy atom. The summed E-state index contributed by atoms with van der Waals surface area (Å²) in [6, 6.07) is 6.27. The van der Waals surface area contributed by atoms with Crippen molar-refractivity contribution in [2.45, 2.75) is 38.6 Å². The van der Waals surface area contributed by atoms with Gasteiger partial charge in [0, 0.05) is 23.2 Å². The van der Waals surface area contributed by atoms with Crippen molar-refractivity contribution in [2.24, 2.45) is 11.8 Å². The molecule has 1 aliphatic heterocycles. The van der Waals surface area contributed by atoms with E-state index in [9.17, 15) is 0 Å². The molecule has 0 amide bonds. The quantitative estimate of drug-likeness (QED) is 0.832. The first-order chi connectivity index (χ1) is 9.22. The van der Waals surface area contributed by atoms with Gasteiger partial charge in [-0.25, -0.2) is 0 Å². The largest absolute Gasteiger partial charge is 0.398 e. The van der Waals surface area contributed by atoms with E-state index < -0.39 is 0 Å². The van der Waals surface area contributed by atoms with Crippen LogP contribution in [0.25, 0.3) is 0 Å². The topological polar surface area (TPSA) is 29.3 Å². The molecule has 2 atom stereocenters. The molecule has 104 valence electrons. The molecule has 1 saturated heterocycles. The zero-order valence-corrected chi connectivity index (χ0v) is 13.0. The Kier molecular flexibility index (Phi) is 4.13. The summed E-state index contributed by atoms with van der Waals surface area (Å²) in [6.07, 6.45) is 7.20. The molecule has 1 aromatic carbocycles. The molecule has 1 aromatic rings. The zero-order chi connectivity index (χ0) is 13.2. The number of hydrogen-bond acceptors (Lipinski definition) is 2. The fourth-order valence-corrected chi connectivity index (χ4v) is 4.15. The summed E-state index contributed by atoms with van der Waals surface area (Å²) < 4.78 is 1.07. The van der Waals surface area contributed by atoms with Crippen molar-refractivity contribution in [2.75, 3.05) is 18.8 Å². The van der Waals surface area contributed by atoms with Gasteiger partial charge in [0.05, 0.1) is 0 Å². The highest BCUT2D eigenvalue weighted by molar-refractivity contribution is 9.10. The van der Waals surface area contributed by atoms with Crippen LogP contribution in [-0.4, -0.2) is 18.0 Å². The second-order valence-corrected chi connectivity index (χ2v) is 7.09. The first-order valence-electron chi connectivity index (χ1n) is 7.48. The highest BCUT2D eigenvalue weighted by atomic mass is 79.9. The number of anilines is 1. The minimum absolute atomic E-state index is 0.917. The van der Waals surface area contributed by atoms with E-state index in [1.54, 1.807) is 0 Å². The van der Waals surface area contributed by atoms with Crippen LogP contribution in [0.5, 0.6) is 0 Å². The molecule has 3 heteroatoms. The van der Waals surface area contributed by atoms with Crippen LogP contribution < -0.4 is 5.73 Å². The smallest absolute Gasteiger partial charge is 0.0371 e. The average Bonchev–Trinajstić information content (AvgIpc) is 2.42. The van der Waals surface area contributed by atoms with E-state index in [4.69, 9.17) is 5.73 Å². The maximum atomic E-state index is 6.11. The maximum absolute atomic E-state index is 6.11. The zero-order valence-electron chi connectivity index (χ0n) is 11.4. The molecule has 2 aliphatic rings. The maximum Gasteiger partial charge on any atom is 0.0371 e. The Morgan fingerprint density at radius 2 is 1.95 bits per heavy atom. The third-order valence-electron chi connectivity index (χ3n) is 4.88. The molecule has 3 rings (SSSR count). The fourth-order valence-electron chi connectivity index (χ4n) is 3.77. The number of fused-ring (bicyclic) bond motifs is 1. The van der Waals surface area contributed by atoms with Crippen LogP contribution in [-0.2, 0) is 6.54 Å². The van der Waals surface area contributed by atoms with E-state index in [0.29, 0.717) is 0 Å². The van der Waals surface area contributed by atoms with Gasteiger partial charge in [-0.15, -0.1) is 0 Å². The van der Waals surface area contributed by atoms with Gasteiger partial charge in [0.15, 0.2) is 0 Å². The first-order valence-corrected chi connectivity index (χ1v) is 8.28.